The molecule has 10 nitrogen and oxygen atoms in total. The Hall–Kier alpha value is -3.15. The Morgan fingerprint density at radius 2 is 1.86 bits per heavy atom. The second-order valence-electron chi connectivity index (χ2n) is 8.75. The lowest BCUT2D eigenvalue weighted by Crippen LogP contribution is -2.46. The Bertz CT molecular complexity index is 1250. The highest BCUT2D eigenvalue weighted by Crippen LogP contribution is 2.37. The van der Waals surface area contributed by atoms with Gasteiger partial charge >= 0.3 is 5.51 Å². The smallest absolute Gasteiger partial charge is 0.379 e. The zero-order valence-corrected chi connectivity index (χ0v) is 19.9. The number of amides is 1. The van der Waals surface area contributed by atoms with Crippen molar-refractivity contribution in [1.29, 1.82) is 5.26 Å². The van der Waals surface area contributed by atoms with E-state index in [2.05, 4.69) is 21.4 Å². The van der Waals surface area contributed by atoms with E-state index in [4.69, 9.17) is 10.5 Å². The van der Waals surface area contributed by atoms with E-state index < -0.39 is 26.1 Å². The molecular weight excluding hydrogens is 501 g/mol. The van der Waals surface area contributed by atoms with Crippen LogP contribution < -0.4 is 11.1 Å². The first-order chi connectivity index (χ1) is 17.0. The van der Waals surface area contributed by atoms with Crippen LogP contribution in [0.1, 0.15) is 35.7 Å². The molecule has 2 aromatic rings. The number of nitrogens with one attached hydrogen (secondary N) is 1. The fourth-order valence-corrected chi connectivity index (χ4v) is 5.45. The van der Waals surface area contributed by atoms with Crippen LogP contribution in [0, 0.1) is 17.2 Å². The van der Waals surface area contributed by atoms with Crippen molar-refractivity contribution < 1.29 is 31.1 Å². The Labute approximate surface area is 205 Å². The van der Waals surface area contributed by atoms with E-state index in [1.54, 1.807) is 0 Å². The third-order valence-corrected chi connectivity index (χ3v) is 8.09. The maximum Gasteiger partial charge on any atom is 0.501 e. The van der Waals surface area contributed by atoms with Gasteiger partial charge in [-0.15, -0.1) is 0 Å². The molecule has 1 aromatic heterocycles. The summed E-state index contributed by atoms with van der Waals surface area (Å²) in [7, 11) is -5.48. The number of benzene rings is 1. The average molecular weight is 527 g/mol. The lowest BCUT2D eigenvalue weighted by Gasteiger charge is -2.40. The van der Waals surface area contributed by atoms with E-state index in [-0.39, 0.29) is 35.1 Å². The molecule has 1 aliphatic carbocycles. The Morgan fingerprint density at radius 1 is 1.19 bits per heavy atom. The van der Waals surface area contributed by atoms with Gasteiger partial charge in [0.05, 0.1) is 36.1 Å². The number of hydrogen-bond donors (Lipinski definition) is 2. The number of primary amides is 1. The van der Waals surface area contributed by atoms with E-state index in [1.807, 2.05) is 0 Å². The summed E-state index contributed by atoms with van der Waals surface area (Å²) in [5.41, 5.74) is 0.329. The van der Waals surface area contributed by atoms with Crippen LogP contribution in [0.4, 0.5) is 24.7 Å². The summed E-state index contributed by atoms with van der Waals surface area (Å²) in [5, 5.41) is 17.1. The van der Waals surface area contributed by atoms with Crippen molar-refractivity contribution in [2.24, 2.45) is 11.7 Å². The first kappa shape index (κ1) is 25.9. The van der Waals surface area contributed by atoms with Gasteiger partial charge in [0.1, 0.15) is 5.56 Å². The third-order valence-electron chi connectivity index (χ3n) is 6.58. The Morgan fingerprint density at radius 3 is 2.44 bits per heavy atom. The minimum atomic E-state index is -5.48. The quantitative estimate of drug-likeness (QED) is 0.585. The van der Waals surface area contributed by atoms with Gasteiger partial charge in [-0.25, -0.2) is 8.42 Å². The monoisotopic (exact) mass is 526 g/mol. The highest BCUT2D eigenvalue weighted by Gasteiger charge is 2.46. The van der Waals surface area contributed by atoms with Crippen LogP contribution in [0.25, 0.3) is 0 Å². The van der Waals surface area contributed by atoms with Crippen LogP contribution in [-0.2, 0) is 14.6 Å². The third kappa shape index (κ3) is 5.18. The maximum atomic E-state index is 12.8. The van der Waals surface area contributed by atoms with Gasteiger partial charge in [0.2, 0.25) is 0 Å². The predicted octanol–water partition coefficient (Wildman–Crippen LogP) is 2.58. The summed E-state index contributed by atoms with van der Waals surface area (Å²) < 4.78 is 68.4. The molecular formula is C22H25F3N6O4S. The minimum absolute atomic E-state index is 0.0361. The number of nitriles is 1. The van der Waals surface area contributed by atoms with E-state index in [0.717, 1.165) is 43.8 Å². The fraction of sp³-hybridized carbons (Fsp3) is 0.500. The second-order valence-corrected chi connectivity index (χ2v) is 10.7. The minimum Gasteiger partial charge on any atom is -0.379 e. The highest BCUT2D eigenvalue weighted by molar-refractivity contribution is 7.92. The topological polar surface area (TPSA) is 143 Å². The maximum absolute atomic E-state index is 12.8. The van der Waals surface area contributed by atoms with E-state index >= 15 is 0 Å². The van der Waals surface area contributed by atoms with Crippen LogP contribution in [-0.4, -0.2) is 66.9 Å². The van der Waals surface area contributed by atoms with E-state index in [1.165, 1.54) is 10.9 Å². The normalized spacial score (nSPS) is 23.7. The number of aromatic nitrogens is 2. The molecule has 1 saturated heterocycles. The molecule has 2 aliphatic rings. The van der Waals surface area contributed by atoms with Gasteiger partial charge in [0.25, 0.3) is 15.7 Å². The number of carbonyl (C=O) groups excluding carboxylic acids is 1. The fourth-order valence-electron chi connectivity index (χ4n) is 4.68. The van der Waals surface area contributed by atoms with Gasteiger partial charge in [-0.05, 0) is 43.5 Å². The number of nitrogens with zero attached hydrogens (tertiary/aromatic N) is 4. The van der Waals surface area contributed by atoms with Crippen molar-refractivity contribution in [3.63, 3.8) is 0 Å². The van der Waals surface area contributed by atoms with Crippen molar-refractivity contribution in [1.82, 2.24) is 14.7 Å². The number of ether oxygens (including phenoxy) is 1. The van der Waals surface area contributed by atoms with Crippen LogP contribution in [0.15, 0.2) is 35.4 Å². The summed E-state index contributed by atoms with van der Waals surface area (Å²) in [5.74, 6) is -1.08. The molecule has 1 aromatic carbocycles. The molecule has 14 heteroatoms. The highest BCUT2D eigenvalue weighted by atomic mass is 32.2. The van der Waals surface area contributed by atoms with Crippen LogP contribution in [0.3, 0.4) is 0 Å². The van der Waals surface area contributed by atoms with E-state index in [0.29, 0.717) is 26.1 Å². The number of nitrogens with two attached hydrogens (primary N) is 1. The van der Waals surface area contributed by atoms with Crippen LogP contribution >= 0.6 is 0 Å². The number of rotatable bonds is 6. The zero-order valence-electron chi connectivity index (χ0n) is 19.1. The lowest BCUT2D eigenvalue weighted by atomic mass is 9.81. The number of carbonyl (C=O) groups is 1. The summed E-state index contributed by atoms with van der Waals surface area (Å²) in [4.78, 5) is 13.5. The second kappa shape index (κ2) is 10.1. The molecule has 194 valence electrons. The number of morpholine rings is 1. The predicted molar refractivity (Wildman–Crippen MR) is 122 cm³/mol. The van der Waals surface area contributed by atoms with Gasteiger partial charge in [0, 0.05) is 31.0 Å². The molecule has 1 saturated carbocycles. The van der Waals surface area contributed by atoms with Crippen molar-refractivity contribution in [3.05, 3.63) is 36.0 Å². The first-order valence-electron chi connectivity index (χ1n) is 11.3. The van der Waals surface area contributed by atoms with Gasteiger partial charge in [-0.2, -0.15) is 23.5 Å². The summed E-state index contributed by atoms with van der Waals surface area (Å²) in [6.45, 7) is 2.96. The molecule has 3 atom stereocenters. The Balaban J connectivity index is 1.53. The zero-order chi connectivity index (χ0) is 26.1. The number of sulfone groups is 1. The Kier molecular flexibility index (Phi) is 7.26. The number of halogens is 3. The number of alkyl halides is 3. The molecule has 0 spiro atoms. The van der Waals surface area contributed by atoms with E-state index in [9.17, 15) is 31.6 Å². The number of anilines is 2. The van der Waals surface area contributed by atoms with Gasteiger partial charge < -0.3 is 15.8 Å². The molecule has 1 amide bonds. The summed E-state index contributed by atoms with van der Waals surface area (Å²) in [6.07, 6.45) is 3.60. The molecule has 36 heavy (non-hydrogen) atoms. The van der Waals surface area contributed by atoms with Crippen molar-refractivity contribution in [2.45, 2.75) is 41.7 Å². The van der Waals surface area contributed by atoms with Crippen molar-refractivity contribution >= 4 is 27.2 Å². The summed E-state index contributed by atoms with van der Waals surface area (Å²) in [6, 6.07) is 6.21. The van der Waals surface area contributed by atoms with Gasteiger partial charge in [-0.1, -0.05) is 0 Å². The molecule has 0 bridgehead atoms. The lowest BCUT2D eigenvalue weighted by molar-refractivity contribution is -0.0436. The van der Waals surface area contributed by atoms with Crippen molar-refractivity contribution in [2.75, 3.05) is 31.6 Å². The largest absolute Gasteiger partial charge is 0.501 e. The average Bonchev–Trinajstić information content (AvgIpc) is 3.27. The molecule has 2 heterocycles. The van der Waals surface area contributed by atoms with Gasteiger partial charge in [0.15, 0.2) is 5.82 Å². The molecule has 3 N–H and O–H groups in total. The molecule has 1 aliphatic heterocycles. The van der Waals surface area contributed by atoms with Crippen LogP contribution in [0.5, 0.6) is 0 Å². The van der Waals surface area contributed by atoms with Gasteiger partial charge in [-0.3, -0.25) is 14.4 Å². The molecule has 2 fully saturated rings. The van der Waals surface area contributed by atoms with Crippen molar-refractivity contribution in [3.8, 4) is 6.07 Å². The van der Waals surface area contributed by atoms with Crippen LogP contribution in [0.2, 0.25) is 0 Å². The molecule has 0 unspecified atom stereocenters. The standard InChI is InChI=1S/C22H25F3N6O4S/c23-22(24,25)36(33,34)17-4-1-15(2-5-17)28-21-18(20(27)32)13-31(29-21)19-6-3-16(11-14(19)12-26)30-7-9-35-10-8-30/h1-2,4-5,13-14,16,19H,3,6-11H2,(H2,27,32)(H,28,29)/t14-,16+,19+/m1/s1. The summed E-state index contributed by atoms with van der Waals surface area (Å²) >= 11 is 0. The molecule has 0 radical (unpaired) electrons. The SMILES string of the molecule is N#C[C@H]1C[C@@H](N2CCOCC2)CC[C@@H]1n1cc(C(N)=O)c(Nc2ccc(S(=O)(=O)C(F)(F)F)cc2)n1. The number of hydrogen-bond acceptors (Lipinski definition) is 8. The molecule has 4 rings (SSSR count). The first-order valence-corrected chi connectivity index (χ1v) is 12.8.